The number of fused-ring (bicyclic) bond motifs is 1. The van der Waals surface area contributed by atoms with Gasteiger partial charge in [-0.2, -0.15) is 0 Å². The number of nitrogens with zero attached hydrogens (tertiary/aromatic N) is 3. The van der Waals surface area contributed by atoms with Crippen LogP contribution in [0.3, 0.4) is 0 Å². The number of ether oxygens (including phenoxy) is 1. The molecule has 0 bridgehead atoms. The Morgan fingerprint density at radius 1 is 1.35 bits per heavy atom. The van der Waals surface area contributed by atoms with Crippen molar-refractivity contribution in [2.24, 2.45) is 5.73 Å². The van der Waals surface area contributed by atoms with Crippen molar-refractivity contribution in [3.8, 4) is 11.4 Å². The Hall–Kier alpha value is -3.00. The molecule has 1 atom stereocenters. The zero-order chi connectivity index (χ0) is 18.3. The lowest BCUT2D eigenvalue weighted by Gasteiger charge is -2.10. The molecule has 3 heterocycles. The molecule has 1 aliphatic rings. The molecule has 1 aromatic carbocycles. The number of benzene rings is 1. The summed E-state index contributed by atoms with van der Waals surface area (Å²) in [5.74, 6) is -0.359. The highest BCUT2D eigenvalue weighted by Crippen LogP contribution is 2.22. The molecule has 4 rings (SSSR count). The molecule has 1 unspecified atom stereocenters. The molecule has 0 radical (unpaired) electrons. The van der Waals surface area contributed by atoms with Crippen molar-refractivity contribution in [1.29, 1.82) is 0 Å². The molecule has 1 saturated heterocycles. The first-order valence-electron chi connectivity index (χ1n) is 8.52. The van der Waals surface area contributed by atoms with E-state index in [1.54, 1.807) is 0 Å². The third-order valence-electron chi connectivity index (χ3n) is 4.58. The average molecular weight is 353 g/mol. The van der Waals surface area contributed by atoms with E-state index in [1.807, 2.05) is 31.2 Å². The average Bonchev–Trinajstić information content (AvgIpc) is 3.23. The predicted molar refractivity (Wildman–Crippen MR) is 95.8 cm³/mol. The number of carbonyl (C=O) groups is 1. The summed E-state index contributed by atoms with van der Waals surface area (Å²) in [6.07, 6.45) is 1.82. The predicted octanol–water partition coefficient (Wildman–Crippen LogP) is 1.37. The smallest absolute Gasteiger partial charge is 0.327 e. The number of H-pyrrole nitrogens is 1. The minimum absolute atomic E-state index is 0.00812. The standard InChI is InChI=1S/C18H19N5O3/c1-10-4-6-11(7-5-10)16-20-13(15(19)24)14-17(22-16)23(18(25)21-14)9-12-3-2-8-26-12/h4-7,12H,2-3,8-9H2,1H3,(H2,19,24)(H,21,25). The van der Waals surface area contributed by atoms with Crippen molar-refractivity contribution >= 4 is 17.1 Å². The van der Waals surface area contributed by atoms with Gasteiger partial charge in [-0.3, -0.25) is 9.36 Å². The van der Waals surface area contributed by atoms with Crippen molar-refractivity contribution in [2.45, 2.75) is 32.4 Å². The first-order chi connectivity index (χ1) is 12.5. The van der Waals surface area contributed by atoms with Crippen LogP contribution in [0, 0.1) is 6.92 Å². The van der Waals surface area contributed by atoms with Gasteiger partial charge in [0.15, 0.2) is 17.2 Å². The molecule has 134 valence electrons. The van der Waals surface area contributed by atoms with E-state index >= 15 is 0 Å². The fourth-order valence-electron chi connectivity index (χ4n) is 3.20. The second-order valence-corrected chi connectivity index (χ2v) is 6.50. The van der Waals surface area contributed by atoms with Gasteiger partial charge >= 0.3 is 5.69 Å². The lowest BCUT2D eigenvalue weighted by Crippen LogP contribution is -2.24. The van der Waals surface area contributed by atoms with Gasteiger partial charge < -0.3 is 15.5 Å². The fraction of sp³-hybridized carbons (Fsp3) is 0.333. The number of primary amides is 1. The van der Waals surface area contributed by atoms with Crippen LogP contribution >= 0.6 is 0 Å². The van der Waals surface area contributed by atoms with Gasteiger partial charge in [-0.15, -0.1) is 0 Å². The number of aryl methyl sites for hydroxylation is 1. The van der Waals surface area contributed by atoms with E-state index in [4.69, 9.17) is 10.5 Å². The van der Waals surface area contributed by atoms with Gasteiger partial charge in [-0.05, 0) is 19.8 Å². The normalized spacial score (nSPS) is 17.0. The van der Waals surface area contributed by atoms with Crippen LogP contribution in [-0.2, 0) is 11.3 Å². The van der Waals surface area contributed by atoms with Crippen LogP contribution in [0.4, 0.5) is 0 Å². The maximum atomic E-state index is 12.4. The van der Waals surface area contributed by atoms with Gasteiger partial charge in [0.05, 0.1) is 12.6 Å². The summed E-state index contributed by atoms with van der Waals surface area (Å²) in [6.45, 7) is 3.05. The highest BCUT2D eigenvalue weighted by Gasteiger charge is 2.23. The van der Waals surface area contributed by atoms with Crippen LogP contribution in [0.25, 0.3) is 22.6 Å². The number of hydrogen-bond acceptors (Lipinski definition) is 5. The second kappa shape index (κ2) is 6.38. The van der Waals surface area contributed by atoms with Crippen molar-refractivity contribution < 1.29 is 9.53 Å². The molecule has 3 aromatic rings. The molecule has 8 nitrogen and oxygen atoms in total. The van der Waals surface area contributed by atoms with Gasteiger partial charge in [-0.25, -0.2) is 14.8 Å². The maximum absolute atomic E-state index is 12.4. The molecule has 0 spiro atoms. The zero-order valence-electron chi connectivity index (χ0n) is 14.4. The van der Waals surface area contributed by atoms with E-state index in [-0.39, 0.29) is 23.0 Å². The number of carbonyl (C=O) groups excluding carboxylic acids is 1. The first kappa shape index (κ1) is 16.5. The molecule has 1 fully saturated rings. The molecule has 3 N–H and O–H groups in total. The SMILES string of the molecule is Cc1ccc(-c2nc(C(N)=O)c3[nH]c(=O)n(CC4CCCO4)c3n2)cc1. The number of nitrogens with one attached hydrogen (secondary N) is 1. The van der Waals surface area contributed by atoms with Crippen LogP contribution in [0.2, 0.25) is 0 Å². The summed E-state index contributed by atoms with van der Waals surface area (Å²) in [7, 11) is 0. The number of hydrogen-bond donors (Lipinski definition) is 2. The highest BCUT2D eigenvalue weighted by molar-refractivity contribution is 6.01. The fourth-order valence-corrected chi connectivity index (χ4v) is 3.20. The lowest BCUT2D eigenvalue weighted by molar-refractivity contribution is 0.0970. The van der Waals surface area contributed by atoms with Crippen LogP contribution in [-0.4, -0.2) is 38.1 Å². The molecule has 1 amide bonds. The molecule has 8 heteroatoms. The van der Waals surface area contributed by atoms with Crippen LogP contribution < -0.4 is 11.4 Å². The Morgan fingerprint density at radius 3 is 2.77 bits per heavy atom. The van der Waals surface area contributed by atoms with Crippen molar-refractivity contribution in [3.05, 3.63) is 46.0 Å². The monoisotopic (exact) mass is 353 g/mol. The largest absolute Gasteiger partial charge is 0.376 e. The third-order valence-corrected chi connectivity index (χ3v) is 4.58. The van der Waals surface area contributed by atoms with E-state index in [2.05, 4.69) is 15.0 Å². The number of aromatic nitrogens is 4. The van der Waals surface area contributed by atoms with Gasteiger partial charge in [0.25, 0.3) is 5.91 Å². The van der Waals surface area contributed by atoms with Gasteiger partial charge in [-0.1, -0.05) is 29.8 Å². The number of rotatable bonds is 4. The van der Waals surface area contributed by atoms with Crippen LogP contribution in [0.15, 0.2) is 29.1 Å². The molecule has 0 aliphatic carbocycles. The minimum Gasteiger partial charge on any atom is -0.376 e. The highest BCUT2D eigenvalue weighted by atomic mass is 16.5. The van der Waals surface area contributed by atoms with E-state index in [0.29, 0.717) is 24.6 Å². The van der Waals surface area contributed by atoms with E-state index < -0.39 is 5.91 Å². The van der Waals surface area contributed by atoms with E-state index in [0.717, 1.165) is 24.0 Å². The minimum atomic E-state index is -0.712. The Bertz CT molecular complexity index is 1030. The maximum Gasteiger partial charge on any atom is 0.327 e. The summed E-state index contributed by atoms with van der Waals surface area (Å²) < 4.78 is 7.12. The Balaban J connectivity index is 1.90. The van der Waals surface area contributed by atoms with Crippen molar-refractivity contribution in [3.63, 3.8) is 0 Å². The molecule has 1 aliphatic heterocycles. The summed E-state index contributed by atoms with van der Waals surface area (Å²) >= 11 is 0. The van der Waals surface area contributed by atoms with Crippen molar-refractivity contribution in [2.75, 3.05) is 6.61 Å². The quantitative estimate of drug-likeness (QED) is 0.735. The number of aromatic amines is 1. The summed E-state index contributed by atoms with van der Waals surface area (Å²) in [4.78, 5) is 35.8. The second-order valence-electron chi connectivity index (χ2n) is 6.50. The summed E-state index contributed by atoms with van der Waals surface area (Å²) in [5, 5.41) is 0. The van der Waals surface area contributed by atoms with E-state index in [9.17, 15) is 9.59 Å². The molecular weight excluding hydrogens is 334 g/mol. The van der Waals surface area contributed by atoms with E-state index in [1.165, 1.54) is 4.57 Å². The molecule has 0 saturated carbocycles. The van der Waals surface area contributed by atoms with Crippen LogP contribution in [0.5, 0.6) is 0 Å². The van der Waals surface area contributed by atoms with Crippen molar-refractivity contribution in [1.82, 2.24) is 19.5 Å². The zero-order valence-corrected chi connectivity index (χ0v) is 14.4. The summed E-state index contributed by atoms with van der Waals surface area (Å²) in [6, 6.07) is 7.61. The lowest BCUT2D eigenvalue weighted by atomic mass is 10.1. The third kappa shape index (κ3) is 2.88. The number of nitrogens with two attached hydrogens (primary N) is 1. The van der Waals surface area contributed by atoms with Gasteiger partial charge in [0.1, 0.15) is 5.52 Å². The Labute approximate surface area is 149 Å². The Kier molecular flexibility index (Phi) is 4.04. The number of imidazole rings is 1. The van der Waals surface area contributed by atoms with Crippen LogP contribution in [0.1, 0.15) is 28.9 Å². The Morgan fingerprint density at radius 2 is 2.12 bits per heavy atom. The summed E-state index contributed by atoms with van der Waals surface area (Å²) in [5.41, 5.74) is 7.62. The van der Waals surface area contributed by atoms with Gasteiger partial charge in [0.2, 0.25) is 0 Å². The topological polar surface area (TPSA) is 116 Å². The molecule has 26 heavy (non-hydrogen) atoms. The molecule has 2 aromatic heterocycles. The molecular formula is C18H19N5O3. The van der Waals surface area contributed by atoms with Gasteiger partial charge in [0, 0.05) is 12.2 Å². The number of amides is 1. The first-order valence-corrected chi connectivity index (χ1v) is 8.52.